The van der Waals surface area contributed by atoms with Crippen molar-refractivity contribution in [3.8, 4) is 0 Å². The van der Waals surface area contributed by atoms with E-state index < -0.39 is 11.9 Å². The quantitative estimate of drug-likeness (QED) is 0.678. The molecule has 4 rings (SSSR count). The summed E-state index contributed by atoms with van der Waals surface area (Å²) >= 11 is 7.50. The molecular weight excluding hydrogens is 386 g/mol. The maximum atomic E-state index is 12.9. The van der Waals surface area contributed by atoms with Gasteiger partial charge in [-0.3, -0.25) is 14.2 Å². The molecule has 1 aromatic carbocycles. The maximum Gasteiger partial charge on any atom is 0.267 e. The molecule has 1 amide bonds. The Balaban J connectivity index is 1.70. The summed E-state index contributed by atoms with van der Waals surface area (Å²) in [5.41, 5.74) is 0.512. The topological polar surface area (TPSA) is 81.8 Å². The van der Waals surface area contributed by atoms with Crippen LogP contribution in [0.2, 0.25) is 5.02 Å². The molecule has 1 aliphatic rings. The normalized spacial score (nSPS) is 14.0. The highest BCUT2D eigenvalue weighted by molar-refractivity contribution is 7.99. The first kappa shape index (κ1) is 17.8. The molecule has 1 N–H and O–H groups in total. The number of nitrogens with one attached hydrogen (secondary N) is 1. The maximum absolute atomic E-state index is 12.9. The predicted octanol–water partition coefficient (Wildman–Crippen LogP) is 2.26. The van der Waals surface area contributed by atoms with Gasteiger partial charge in [-0.05, 0) is 17.7 Å². The third-order valence-corrected chi connectivity index (χ3v) is 5.62. The highest BCUT2D eigenvalue weighted by Crippen LogP contribution is 2.23. The van der Waals surface area contributed by atoms with Gasteiger partial charge in [-0.15, -0.1) is 0 Å². The monoisotopic (exact) mass is 401 g/mol. The van der Waals surface area contributed by atoms with E-state index in [1.54, 1.807) is 24.5 Å². The number of thioether (sulfide) groups is 1. The number of aromatic nitrogens is 4. The first-order valence-electron chi connectivity index (χ1n) is 8.31. The van der Waals surface area contributed by atoms with Crippen LogP contribution in [0.25, 0.3) is 0 Å². The zero-order valence-electron chi connectivity index (χ0n) is 14.4. The average molecular weight is 402 g/mol. The molecule has 0 aliphatic carbocycles. The number of amides is 1. The van der Waals surface area contributed by atoms with E-state index in [-0.39, 0.29) is 11.1 Å². The minimum atomic E-state index is -0.526. The molecule has 2 aromatic heterocycles. The van der Waals surface area contributed by atoms with Gasteiger partial charge in [-0.25, -0.2) is 9.97 Å². The van der Waals surface area contributed by atoms with Crippen LogP contribution in [0.1, 0.15) is 27.8 Å². The summed E-state index contributed by atoms with van der Waals surface area (Å²) in [7, 11) is 1.85. The number of halogens is 1. The van der Waals surface area contributed by atoms with Crippen molar-refractivity contribution < 1.29 is 4.79 Å². The third kappa shape index (κ3) is 3.38. The lowest BCUT2D eigenvalue weighted by Gasteiger charge is -2.19. The lowest BCUT2D eigenvalue weighted by molar-refractivity contribution is 0.0938. The Morgan fingerprint density at radius 3 is 2.78 bits per heavy atom. The summed E-state index contributed by atoms with van der Waals surface area (Å²) in [6, 6.07) is 6.63. The number of aryl methyl sites for hydroxylation is 1. The Labute approximate surface area is 164 Å². The van der Waals surface area contributed by atoms with Crippen molar-refractivity contribution in [2.45, 2.75) is 17.7 Å². The molecular formula is C18H16ClN5O2S. The first-order valence-corrected chi connectivity index (χ1v) is 9.67. The zero-order valence-corrected chi connectivity index (χ0v) is 16.0. The third-order valence-electron chi connectivity index (χ3n) is 4.40. The lowest BCUT2D eigenvalue weighted by Crippen LogP contribution is -2.36. The van der Waals surface area contributed by atoms with Gasteiger partial charge < -0.3 is 9.88 Å². The SMILES string of the molecule is Cn1ccnc1[C@H](NC(=O)c1cnc2n(c1=O)CCS2)c1ccc(Cl)cc1. The molecule has 0 saturated carbocycles. The van der Waals surface area contributed by atoms with Gasteiger partial charge in [-0.1, -0.05) is 35.5 Å². The van der Waals surface area contributed by atoms with Crippen molar-refractivity contribution in [3.63, 3.8) is 0 Å². The Bertz CT molecular complexity index is 1060. The molecule has 0 unspecified atom stereocenters. The summed E-state index contributed by atoms with van der Waals surface area (Å²) in [5.74, 6) is 0.951. The van der Waals surface area contributed by atoms with Crippen LogP contribution in [0, 0.1) is 0 Å². The number of hydrogen-bond acceptors (Lipinski definition) is 5. The van der Waals surface area contributed by atoms with Crippen LogP contribution in [0.5, 0.6) is 0 Å². The average Bonchev–Trinajstić information content (AvgIpc) is 3.30. The second-order valence-corrected chi connectivity index (χ2v) is 7.61. The largest absolute Gasteiger partial charge is 0.338 e. The highest BCUT2D eigenvalue weighted by atomic mass is 35.5. The molecule has 7 nitrogen and oxygen atoms in total. The molecule has 1 atom stereocenters. The fourth-order valence-corrected chi connectivity index (χ4v) is 4.03. The summed E-state index contributed by atoms with van der Waals surface area (Å²) in [6.45, 7) is 0.562. The van der Waals surface area contributed by atoms with Gasteiger partial charge in [0.05, 0.1) is 0 Å². The molecule has 0 fully saturated rings. The second-order valence-electron chi connectivity index (χ2n) is 6.11. The lowest BCUT2D eigenvalue weighted by atomic mass is 10.1. The van der Waals surface area contributed by atoms with E-state index in [1.165, 1.54) is 22.5 Å². The van der Waals surface area contributed by atoms with Crippen molar-refractivity contribution in [2.24, 2.45) is 7.05 Å². The van der Waals surface area contributed by atoms with Crippen molar-refractivity contribution in [1.29, 1.82) is 0 Å². The highest BCUT2D eigenvalue weighted by Gasteiger charge is 2.25. The van der Waals surface area contributed by atoms with E-state index in [4.69, 9.17) is 11.6 Å². The van der Waals surface area contributed by atoms with E-state index in [0.717, 1.165) is 11.3 Å². The van der Waals surface area contributed by atoms with Crippen LogP contribution >= 0.6 is 23.4 Å². The molecule has 0 saturated heterocycles. The molecule has 138 valence electrons. The van der Waals surface area contributed by atoms with Crippen LogP contribution in [0.3, 0.4) is 0 Å². The van der Waals surface area contributed by atoms with Crippen molar-refractivity contribution in [2.75, 3.05) is 5.75 Å². The van der Waals surface area contributed by atoms with Gasteiger partial charge in [0, 0.05) is 43.0 Å². The van der Waals surface area contributed by atoms with Gasteiger partial charge in [0.15, 0.2) is 5.16 Å². The summed E-state index contributed by atoms with van der Waals surface area (Å²) in [6.07, 6.45) is 4.81. The second kappa shape index (κ2) is 7.21. The van der Waals surface area contributed by atoms with Crippen molar-refractivity contribution >= 4 is 29.3 Å². The van der Waals surface area contributed by atoms with E-state index >= 15 is 0 Å². The Morgan fingerprint density at radius 1 is 1.30 bits per heavy atom. The molecule has 1 aliphatic heterocycles. The predicted molar refractivity (Wildman–Crippen MR) is 103 cm³/mol. The molecule has 0 spiro atoms. The molecule has 3 heterocycles. The van der Waals surface area contributed by atoms with E-state index in [0.29, 0.717) is 22.5 Å². The standard InChI is InChI=1S/C18H16ClN5O2S/c1-23-7-6-20-15(23)14(11-2-4-12(19)5-3-11)22-16(25)13-10-21-18-24(17(13)26)8-9-27-18/h2-7,10,14H,8-9H2,1H3,(H,22,25)/t14-/m1/s1. The summed E-state index contributed by atoms with van der Waals surface area (Å²) < 4.78 is 3.36. The van der Waals surface area contributed by atoms with Gasteiger partial charge >= 0.3 is 0 Å². The van der Waals surface area contributed by atoms with E-state index in [9.17, 15) is 9.59 Å². The van der Waals surface area contributed by atoms with Crippen LogP contribution < -0.4 is 10.9 Å². The number of imidazole rings is 1. The molecule has 0 radical (unpaired) electrons. The number of carbonyl (C=O) groups excluding carboxylic acids is 1. The number of hydrogen-bond donors (Lipinski definition) is 1. The van der Waals surface area contributed by atoms with Crippen LogP contribution in [-0.4, -0.2) is 30.8 Å². The van der Waals surface area contributed by atoms with Gasteiger partial charge in [-0.2, -0.15) is 0 Å². The number of benzene rings is 1. The van der Waals surface area contributed by atoms with E-state index in [2.05, 4.69) is 15.3 Å². The Morgan fingerprint density at radius 2 is 2.07 bits per heavy atom. The van der Waals surface area contributed by atoms with Crippen molar-refractivity contribution in [3.05, 3.63) is 75.2 Å². The summed E-state index contributed by atoms with van der Waals surface area (Å²) in [4.78, 5) is 34.1. The Kier molecular flexibility index (Phi) is 4.75. The van der Waals surface area contributed by atoms with Crippen LogP contribution in [0.4, 0.5) is 0 Å². The number of carbonyl (C=O) groups is 1. The number of fused-ring (bicyclic) bond motifs is 1. The minimum Gasteiger partial charge on any atom is -0.338 e. The molecule has 0 bridgehead atoms. The number of rotatable bonds is 4. The molecule has 27 heavy (non-hydrogen) atoms. The van der Waals surface area contributed by atoms with Crippen molar-refractivity contribution in [1.82, 2.24) is 24.4 Å². The van der Waals surface area contributed by atoms with Crippen LogP contribution in [-0.2, 0) is 13.6 Å². The summed E-state index contributed by atoms with van der Waals surface area (Å²) in [5, 5.41) is 4.17. The first-order chi connectivity index (χ1) is 13.0. The molecule has 3 aromatic rings. The van der Waals surface area contributed by atoms with E-state index in [1.807, 2.05) is 23.7 Å². The minimum absolute atomic E-state index is 0.0226. The van der Waals surface area contributed by atoms with Gasteiger partial charge in [0.2, 0.25) is 0 Å². The van der Waals surface area contributed by atoms with Gasteiger partial charge in [0.1, 0.15) is 17.4 Å². The fraction of sp³-hybridized carbons (Fsp3) is 0.222. The smallest absolute Gasteiger partial charge is 0.267 e. The van der Waals surface area contributed by atoms with Gasteiger partial charge in [0.25, 0.3) is 11.5 Å². The number of nitrogens with zero attached hydrogens (tertiary/aromatic N) is 4. The fourth-order valence-electron chi connectivity index (χ4n) is 2.99. The Hall–Kier alpha value is -2.58. The van der Waals surface area contributed by atoms with Crippen LogP contribution in [0.15, 0.2) is 52.8 Å². The zero-order chi connectivity index (χ0) is 19.0. The molecule has 9 heteroatoms.